The second-order valence-corrected chi connectivity index (χ2v) is 8.42. The van der Waals surface area contributed by atoms with Gasteiger partial charge >= 0.3 is 24.5 Å². The number of alkyl halides is 9. The SMILES string of the molecule is NCC(=O)N1CC[C@H](OCc2cc(C(F)(F)F)cc(C(F)(F)F)c2)[C@H](c2ccccc2)C1.O=C(O)C(F)(F)F. The van der Waals surface area contributed by atoms with Crippen LogP contribution in [-0.2, 0) is 33.3 Å². The highest BCUT2D eigenvalue weighted by molar-refractivity contribution is 5.78. The monoisotopic (exact) mass is 574 g/mol. The van der Waals surface area contributed by atoms with Crippen LogP contribution < -0.4 is 5.73 Å². The zero-order chi connectivity index (χ0) is 29.6. The molecule has 1 heterocycles. The number of piperidine rings is 1. The van der Waals surface area contributed by atoms with Crippen LogP contribution in [0, 0.1) is 0 Å². The van der Waals surface area contributed by atoms with E-state index in [1.807, 2.05) is 18.2 Å². The van der Waals surface area contributed by atoms with Crippen molar-refractivity contribution in [3.05, 3.63) is 70.8 Å². The van der Waals surface area contributed by atoms with E-state index in [1.54, 1.807) is 17.0 Å². The van der Waals surface area contributed by atoms with Crippen molar-refractivity contribution in [1.29, 1.82) is 0 Å². The maximum atomic E-state index is 13.1. The number of carbonyl (C=O) groups excluding carboxylic acids is 1. The summed E-state index contributed by atoms with van der Waals surface area (Å²) in [6, 6.07) is 10.5. The summed E-state index contributed by atoms with van der Waals surface area (Å²) < 4.78 is 116. The lowest BCUT2D eigenvalue weighted by atomic mass is 9.87. The molecule has 0 radical (unpaired) electrons. The Morgan fingerprint density at radius 3 is 1.87 bits per heavy atom. The summed E-state index contributed by atoms with van der Waals surface area (Å²) in [5.74, 6) is -3.29. The van der Waals surface area contributed by atoms with Crippen molar-refractivity contribution in [3.63, 3.8) is 0 Å². The number of amides is 1. The zero-order valence-electron chi connectivity index (χ0n) is 19.9. The fourth-order valence-electron chi connectivity index (χ4n) is 3.81. The molecule has 0 unspecified atom stereocenters. The number of carboxylic acid groups (broad SMARTS) is 1. The first-order chi connectivity index (χ1) is 17.9. The van der Waals surface area contributed by atoms with Crippen LogP contribution in [0.1, 0.15) is 34.6 Å². The van der Waals surface area contributed by atoms with Crippen molar-refractivity contribution in [2.24, 2.45) is 5.73 Å². The Kier molecular flexibility index (Phi) is 10.4. The third-order valence-electron chi connectivity index (χ3n) is 5.66. The molecule has 0 bridgehead atoms. The Hall–Kier alpha value is -3.33. The second-order valence-electron chi connectivity index (χ2n) is 8.42. The van der Waals surface area contributed by atoms with E-state index in [0.29, 0.717) is 31.6 Å². The normalized spacial score (nSPS) is 18.3. The number of nitrogens with zero attached hydrogens (tertiary/aromatic N) is 1. The van der Waals surface area contributed by atoms with Crippen LogP contribution >= 0.6 is 0 Å². The van der Waals surface area contributed by atoms with E-state index in [-0.39, 0.29) is 30.0 Å². The van der Waals surface area contributed by atoms with Crippen LogP contribution in [0.3, 0.4) is 0 Å². The van der Waals surface area contributed by atoms with Crippen molar-refractivity contribution >= 4 is 11.9 Å². The van der Waals surface area contributed by atoms with Gasteiger partial charge in [0.05, 0.1) is 30.4 Å². The first kappa shape index (κ1) is 31.9. The summed E-state index contributed by atoms with van der Waals surface area (Å²) in [5, 5.41) is 7.12. The highest BCUT2D eigenvalue weighted by Crippen LogP contribution is 2.37. The van der Waals surface area contributed by atoms with Gasteiger partial charge < -0.3 is 20.5 Å². The molecule has 0 saturated carbocycles. The largest absolute Gasteiger partial charge is 0.490 e. The summed E-state index contributed by atoms with van der Waals surface area (Å²) >= 11 is 0. The average molecular weight is 574 g/mol. The molecule has 1 amide bonds. The highest BCUT2D eigenvalue weighted by atomic mass is 19.4. The van der Waals surface area contributed by atoms with Crippen molar-refractivity contribution < 1.29 is 58.9 Å². The number of likely N-dealkylation sites (tertiary alicyclic amines) is 1. The van der Waals surface area contributed by atoms with Crippen LogP contribution in [-0.4, -0.2) is 53.8 Å². The van der Waals surface area contributed by atoms with E-state index in [9.17, 15) is 44.3 Å². The standard InChI is InChI=1S/C22H22F6N2O2.C2HF3O2/c23-21(24,25)16-8-14(9-17(10-16)22(26,27)28)13-32-19-6-7-30(20(31)11-29)12-18(19)15-4-2-1-3-5-15;3-2(4,5)1(6)7/h1-5,8-10,18-19H,6-7,11-13,29H2;(H,6,7)/t18-,19-;/m0./s1. The van der Waals surface area contributed by atoms with Crippen molar-refractivity contribution in [3.8, 4) is 0 Å². The van der Waals surface area contributed by atoms with Crippen molar-refractivity contribution in [2.75, 3.05) is 19.6 Å². The molecule has 0 spiro atoms. The highest BCUT2D eigenvalue weighted by Gasteiger charge is 2.39. The van der Waals surface area contributed by atoms with Crippen LogP contribution in [0.25, 0.3) is 0 Å². The molecule has 6 nitrogen and oxygen atoms in total. The summed E-state index contributed by atoms with van der Waals surface area (Å²) in [6.45, 7) is 0.0465. The summed E-state index contributed by atoms with van der Waals surface area (Å²) in [7, 11) is 0. The molecule has 0 aliphatic carbocycles. The fraction of sp³-hybridized carbons (Fsp3) is 0.417. The van der Waals surface area contributed by atoms with Crippen LogP contribution in [0.15, 0.2) is 48.5 Å². The molecule has 3 N–H and O–H groups in total. The van der Waals surface area contributed by atoms with E-state index in [0.717, 1.165) is 5.56 Å². The molecule has 216 valence electrons. The van der Waals surface area contributed by atoms with Gasteiger partial charge in [0.25, 0.3) is 0 Å². The molecule has 2 aromatic rings. The molecular formula is C24H23F9N2O4. The summed E-state index contributed by atoms with van der Waals surface area (Å²) in [5.41, 5.74) is 3.32. The first-order valence-electron chi connectivity index (χ1n) is 11.2. The van der Waals surface area contributed by atoms with Gasteiger partial charge in [0.15, 0.2) is 0 Å². The lowest BCUT2D eigenvalue weighted by molar-refractivity contribution is -0.192. The number of carbonyl (C=O) groups is 2. The van der Waals surface area contributed by atoms with Crippen molar-refractivity contribution in [2.45, 2.75) is 43.6 Å². The van der Waals surface area contributed by atoms with Crippen LogP contribution in [0.2, 0.25) is 0 Å². The van der Waals surface area contributed by atoms with Gasteiger partial charge in [-0.3, -0.25) is 4.79 Å². The summed E-state index contributed by atoms with van der Waals surface area (Å²) in [4.78, 5) is 22.5. The maximum Gasteiger partial charge on any atom is 0.490 e. The third kappa shape index (κ3) is 9.42. The van der Waals surface area contributed by atoms with Gasteiger partial charge in [0.1, 0.15) is 0 Å². The fourth-order valence-corrected chi connectivity index (χ4v) is 3.81. The minimum absolute atomic E-state index is 0.0905. The molecule has 1 aliphatic rings. The van der Waals surface area contributed by atoms with E-state index in [2.05, 4.69) is 0 Å². The number of nitrogens with two attached hydrogens (primary N) is 1. The molecule has 1 aliphatic heterocycles. The average Bonchev–Trinajstić information content (AvgIpc) is 2.86. The molecule has 15 heteroatoms. The number of rotatable bonds is 5. The number of benzene rings is 2. The predicted molar refractivity (Wildman–Crippen MR) is 118 cm³/mol. The first-order valence-corrected chi connectivity index (χ1v) is 11.2. The third-order valence-corrected chi connectivity index (χ3v) is 5.66. The minimum Gasteiger partial charge on any atom is -0.475 e. The van der Waals surface area contributed by atoms with Gasteiger partial charge in [-0.05, 0) is 35.7 Å². The van der Waals surface area contributed by atoms with Gasteiger partial charge in [-0.25, -0.2) is 4.79 Å². The minimum atomic E-state index is -5.08. The number of aliphatic carboxylic acids is 1. The summed E-state index contributed by atoms with van der Waals surface area (Å²) in [6.07, 6.45) is -15.0. The molecule has 2 aromatic carbocycles. The van der Waals surface area contributed by atoms with Gasteiger partial charge in [-0.1, -0.05) is 30.3 Å². The van der Waals surface area contributed by atoms with Gasteiger partial charge in [-0.15, -0.1) is 0 Å². The van der Waals surface area contributed by atoms with Gasteiger partial charge in [0.2, 0.25) is 5.91 Å². The Morgan fingerprint density at radius 2 is 1.44 bits per heavy atom. The lowest BCUT2D eigenvalue weighted by Crippen LogP contribution is -2.47. The predicted octanol–water partition coefficient (Wildman–Crippen LogP) is 5.22. The van der Waals surface area contributed by atoms with Gasteiger partial charge in [0, 0.05) is 19.0 Å². The number of halogens is 9. The van der Waals surface area contributed by atoms with Crippen molar-refractivity contribution in [1.82, 2.24) is 4.90 Å². The number of carboxylic acids is 1. The van der Waals surface area contributed by atoms with E-state index < -0.39 is 48.3 Å². The van der Waals surface area contributed by atoms with E-state index >= 15 is 0 Å². The Bertz CT molecular complexity index is 1090. The number of hydrogen-bond acceptors (Lipinski definition) is 4. The molecular weight excluding hydrogens is 551 g/mol. The van der Waals surface area contributed by atoms with E-state index in [4.69, 9.17) is 20.4 Å². The second kappa shape index (κ2) is 12.7. The smallest absolute Gasteiger partial charge is 0.475 e. The molecule has 39 heavy (non-hydrogen) atoms. The Morgan fingerprint density at radius 1 is 0.923 bits per heavy atom. The quantitative estimate of drug-likeness (QED) is 0.478. The molecule has 2 atom stereocenters. The van der Waals surface area contributed by atoms with Crippen LogP contribution in [0.5, 0.6) is 0 Å². The van der Waals surface area contributed by atoms with E-state index in [1.165, 1.54) is 0 Å². The van der Waals surface area contributed by atoms with Crippen LogP contribution in [0.4, 0.5) is 39.5 Å². The Balaban J connectivity index is 0.000000673. The molecule has 3 rings (SSSR count). The zero-order valence-corrected chi connectivity index (χ0v) is 19.9. The molecule has 1 saturated heterocycles. The maximum absolute atomic E-state index is 13.1. The number of ether oxygens (including phenoxy) is 1. The molecule has 0 aromatic heterocycles. The number of hydrogen-bond donors (Lipinski definition) is 2. The lowest BCUT2D eigenvalue weighted by Gasteiger charge is -2.38. The topological polar surface area (TPSA) is 92.9 Å². The Labute approximate surface area is 216 Å². The molecule has 1 fully saturated rings. The van der Waals surface area contributed by atoms with Gasteiger partial charge in [-0.2, -0.15) is 39.5 Å².